The van der Waals surface area contributed by atoms with Gasteiger partial charge in [0.15, 0.2) is 5.65 Å². The molecule has 5 amide bonds. The van der Waals surface area contributed by atoms with Crippen molar-refractivity contribution in [2.24, 2.45) is 5.92 Å². The molecule has 4 aliphatic rings. The van der Waals surface area contributed by atoms with Gasteiger partial charge in [0.1, 0.15) is 41.2 Å². The number of rotatable bonds is 10. The number of nitrogens with zero attached hydrogens (tertiary/aromatic N) is 7. The number of carbonyl (C=O) groups excluding carboxylic acids is 5. The Morgan fingerprint density at radius 2 is 1.60 bits per heavy atom. The van der Waals surface area contributed by atoms with Gasteiger partial charge in [-0.1, -0.05) is 18.2 Å². The van der Waals surface area contributed by atoms with E-state index in [9.17, 15) is 24.0 Å². The number of nitrogens with one attached hydrogen (secondary N) is 2. The molecule has 6 heterocycles. The van der Waals surface area contributed by atoms with E-state index < -0.39 is 35.5 Å². The third-order valence-corrected chi connectivity index (χ3v) is 11.9. The summed E-state index contributed by atoms with van der Waals surface area (Å²) in [6, 6.07) is 17.7. The number of imide groups is 2. The summed E-state index contributed by atoms with van der Waals surface area (Å²) in [7, 11) is 0. The van der Waals surface area contributed by atoms with Crippen LogP contribution in [-0.2, 0) is 14.4 Å². The zero-order chi connectivity index (χ0) is 41.5. The normalized spacial score (nSPS) is 19.2. The largest absolute Gasteiger partial charge is 0.457 e. The second-order valence-electron chi connectivity index (χ2n) is 15.6. The highest BCUT2D eigenvalue weighted by Crippen LogP contribution is 2.37. The van der Waals surface area contributed by atoms with E-state index in [1.807, 2.05) is 23.1 Å². The van der Waals surface area contributed by atoms with Gasteiger partial charge in [0.2, 0.25) is 17.7 Å². The van der Waals surface area contributed by atoms with Gasteiger partial charge in [0, 0.05) is 55.8 Å². The smallest absolute Gasteiger partial charge is 0.262 e. The van der Waals surface area contributed by atoms with Crippen LogP contribution < -0.4 is 21.1 Å². The van der Waals surface area contributed by atoms with Crippen LogP contribution in [0, 0.1) is 11.7 Å². The monoisotopic (exact) mass is 814 g/mol. The Balaban J connectivity index is 0.768. The van der Waals surface area contributed by atoms with Crippen molar-refractivity contribution >= 4 is 52.1 Å². The molecule has 5 aromatic rings. The summed E-state index contributed by atoms with van der Waals surface area (Å²) >= 11 is 0. The number of fused-ring (bicyclic) bond motifs is 2. The first-order chi connectivity index (χ1) is 29.1. The molecular formula is C43H43FN10O6. The molecule has 60 heavy (non-hydrogen) atoms. The number of carbonyl (C=O) groups is 5. The SMILES string of the molecule is Nc1ncnc2c1c(-c1ccc(Oc3ccccc3)cc1F)nn2C1CCN(C(=O)C2CCN(CCNc3ccc4c(c3)C(=O)N(C3CCC(=O)NC3=O)C4=O)CC2)CC1. The molecule has 4 N–H and O–H groups in total. The van der Waals surface area contributed by atoms with Crippen LogP contribution >= 0.6 is 0 Å². The fourth-order valence-corrected chi connectivity index (χ4v) is 8.75. The molecule has 1 atom stereocenters. The lowest BCUT2D eigenvalue weighted by Crippen LogP contribution is -2.54. The lowest BCUT2D eigenvalue weighted by atomic mass is 9.94. The Bertz CT molecular complexity index is 2510. The zero-order valence-corrected chi connectivity index (χ0v) is 32.7. The summed E-state index contributed by atoms with van der Waals surface area (Å²) in [6.45, 7) is 3.97. The summed E-state index contributed by atoms with van der Waals surface area (Å²) in [6.07, 6.45) is 4.34. The molecular weight excluding hydrogens is 772 g/mol. The van der Waals surface area contributed by atoms with Crippen LogP contribution in [0.15, 0.2) is 73.1 Å². The van der Waals surface area contributed by atoms with E-state index in [1.165, 1.54) is 12.4 Å². The standard InChI is InChI=1S/C43H43FN10O6/c44-33-23-29(60-28-4-2-1-3-5-28)7-9-31(33)37-36-38(45)47-24-48-39(36)54(50-37)27-14-19-52(20-15-27)41(57)25-12-17-51(18-13-25)21-16-46-26-6-8-30-32(22-26)43(59)53(42(30)58)34-10-11-35(55)49-40(34)56/h1-9,22-25,27,34,46H,10-21H2,(H2,45,47,48)(H,49,55,56). The molecule has 2 aromatic heterocycles. The minimum absolute atomic E-state index is 0.0642. The molecule has 1 unspecified atom stereocenters. The molecule has 0 bridgehead atoms. The second kappa shape index (κ2) is 16.1. The quantitative estimate of drug-likeness (QED) is 0.168. The van der Waals surface area contributed by atoms with E-state index in [-0.39, 0.29) is 53.2 Å². The Hall–Kier alpha value is -6.75. The molecule has 3 saturated heterocycles. The highest BCUT2D eigenvalue weighted by Gasteiger charge is 2.44. The number of para-hydroxylation sites is 1. The third-order valence-electron chi connectivity index (χ3n) is 11.9. The van der Waals surface area contributed by atoms with Gasteiger partial charge in [-0.15, -0.1) is 0 Å². The number of hydrogen-bond acceptors (Lipinski definition) is 12. The molecule has 9 rings (SSSR count). The molecule has 0 saturated carbocycles. The number of piperidine rings is 3. The summed E-state index contributed by atoms with van der Waals surface area (Å²) in [5, 5.41) is 10.9. The number of amides is 5. The highest BCUT2D eigenvalue weighted by molar-refractivity contribution is 6.23. The van der Waals surface area contributed by atoms with E-state index in [4.69, 9.17) is 15.6 Å². The second-order valence-corrected chi connectivity index (χ2v) is 15.6. The van der Waals surface area contributed by atoms with Crippen molar-refractivity contribution in [2.45, 2.75) is 50.6 Å². The number of aromatic nitrogens is 4. The van der Waals surface area contributed by atoms with Crippen molar-refractivity contribution in [3.63, 3.8) is 0 Å². The van der Waals surface area contributed by atoms with Crippen LogP contribution in [0.2, 0.25) is 0 Å². The van der Waals surface area contributed by atoms with Crippen LogP contribution in [-0.4, -0.2) is 109 Å². The van der Waals surface area contributed by atoms with Crippen molar-refractivity contribution in [3.05, 3.63) is 90.0 Å². The average Bonchev–Trinajstić information content (AvgIpc) is 3.76. The number of nitrogen functional groups attached to an aromatic ring is 1. The Kier molecular flexibility index (Phi) is 10.4. The number of benzene rings is 3. The predicted octanol–water partition coefficient (Wildman–Crippen LogP) is 4.40. The van der Waals surface area contributed by atoms with Gasteiger partial charge in [-0.25, -0.2) is 19.0 Å². The van der Waals surface area contributed by atoms with Crippen molar-refractivity contribution in [1.29, 1.82) is 0 Å². The van der Waals surface area contributed by atoms with Crippen LogP contribution in [0.4, 0.5) is 15.9 Å². The molecule has 0 aliphatic carbocycles. The van der Waals surface area contributed by atoms with Crippen LogP contribution in [0.1, 0.15) is 65.3 Å². The maximum absolute atomic E-state index is 15.7. The van der Waals surface area contributed by atoms with E-state index in [0.29, 0.717) is 66.4 Å². The summed E-state index contributed by atoms with van der Waals surface area (Å²) in [5.74, 6) is -1.41. The Labute approximate surface area is 343 Å². The number of halogens is 1. The van der Waals surface area contributed by atoms with Crippen LogP contribution in [0.25, 0.3) is 22.3 Å². The number of anilines is 2. The first-order valence-electron chi connectivity index (χ1n) is 20.2. The van der Waals surface area contributed by atoms with E-state index in [0.717, 1.165) is 37.4 Å². The molecule has 4 aliphatic heterocycles. The lowest BCUT2D eigenvalue weighted by molar-refractivity contribution is -0.138. The van der Waals surface area contributed by atoms with Crippen LogP contribution in [0.5, 0.6) is 11.5 Å². The van der Waals surface area contributed by atoms with E-state index in [1.54, 1.807) is 47.1 Å². The van der Waals surface area contributed by atoms with Gasteiger partial charge in [0.05, 0.1) is 22.6 Å². The van der Waals surface area contributed by atoms with Crippen molar-refractivity contribution in [2.75, 3.05) is 50.3 Å². The Morgan fingerprint density at radius 3 is 2.35 bits per heavy atom. The molecule has 16 nitrogen and oxygen atoms in total. The van der Waals surface area contributed by atoms with Gasteiger partial charge in [-0.05, 0) is 87.7 Å². The zero-order valence-electron chi connectivity index (χ0n) is 32.7. The van der Waals surface area contributed by atoms with E-state index >= 15 is 4.39 Å². The first kappa shape index (κ1) is 38.8. The van der Waals surface area contributed by atoms with Gasteiger partial charge < -0.3 is 25.6 Å². The third kappa shape index (κ3) is 7.40. The fourth-order valence-electron chi connectivity index (χ4n) is 8.75. The molecule has 308 valence electrons. The number of nitrogens with two attached hydrogens (primary N) is 1. The minimum atomic E-state index is -1.01. The molecule has 3 fully saturated rings. The van der Waals surface area contributed by atoms with E-state index in [2.05, 4.69) is 25.5 Å². The molecule has 0 spiro atoms. The first-order valence-corrected chi connectivity index (χ1v) is 20.2. The number of likely N-dealkylation sites (tertiary alicyclic amines) is 2. The molecule has 3 aromatic carbocycles. The topological polar surface area (TPSA) is 198 Å². The fraction of sp³-hybridized carbons (Fsp3) is 0.349. The Morgan fingerprint density at radius 1 is 0.850 bits per heavy atom. The number of hydrogen-bond donors (Lipinski definition) is 3. The number of ether oxygens (including phenoxy) is 1. The van der Waals surface area contributed by atoms with Crippen molar-refractivity contribution < 1.29 is 33.1 Å². The van der Waals surface area contributed by atoms with Gasteiger partial charge in [0.25, 0.3) is 11.8 Å². The highest BCUT2D eigenvalue weighted by atomic mass is 19.1. The summed E-state index contributed by atoms with van der Waals surface area (Å²) in [5.41, 5.74) is 8.60. The van der Waals surface area contributed by atoms with Crippen molar-refractivity contribution in [1.82, 2.24) is 39.8 Å². The predicted molar refractivity (Wildman–Crippen MR) is 217 cm³/mol. The maximum Gasteiger partial charge on any atom is 0.262 e. The summed E-state index contributed by atoms with van der Waals surface area (Å²) in [4.78, 5) is 77.8. The minimum Gasteiger partial charge on any atom is -0.457 e. The maximum atomic E-state index is 15.7. The summed E-state index contributed by atoms with van der Waals surface area (Å²) < 4.78 is 23.3. The van der Waals surface area contributed by atoms with Crippen molar-refractivity contribution in [3.8, 4) is 22.8 Å². The molecule has 0 radical (unpaired) electrons. The lowest BCUT2D eigenvalue weighted by Gasteiger charge is -2.37. The average molecular weight is 815 g/mol. The van der Waals surface area contributed by atoms with Gasteiger partial charge in [-0.2, -0.15) is 5.10 Å². The molecule has 17 heteroatoms. The van der Waals surface area contributed by atoms with Crippen LogP contribution in [0.3, 0.4) is 0 Å². The van der Waals surface area contributed by atoms with Gasteiger partial charge >= 0.3 is 0 Å². The van der Waals surface area contributed by atoms with Gasteiger partial charge in [-0.3, -0.25) is 34.2 Å².